The van der Waals surface area contributed by atoms with Crippen molar-refractivity contribution in [2.75, 3.05) is 23.8 Å². The highest BCUT2D eigenvalue weighted by Crippen LogP contribution is 2.05. The first kappa shape index (κ1) is 11.4. The van der Waals surface area contributed by atoms with E-state index in [9.17, 15) is 0 Å². The van der Waals surface area contributed by atoms with E-state index in [-0.39, 0.29) is 0 Å². The summed E-state index contributed by atoms with van der Waals surface area (Å²) in [6, 6.07) is 1.84. The van der Waals surface area contributed by atoms with Crippen molar-refractivity contribution in [3.8, 4) is 0 Å². The summed E-state index contributed by atoms with van der Waals surface area (Å²) in [4.78, 5) is 10.5. The Labute approximate surface area is 93.7 Å². The molecule has 14 heavy (non-hydrogen) atoms. The Morgan fingerprint density at radius 3 is 2.57 bits per heavy atom. The van der Waals surface area contributed by atoms with Gasteiger partial charge in [0.15, 0.2) is 0 Å². The number of anilines is 1. The lowest BCUT2D eigenvalue weighted by atomic mass is 10.2. The minimum atomic E-state index is 0.811. The summed E-state index contributed by atoms with van der Waals surface area (Å²) in [5.41, 5.74) is 0. The van der Waals surface area contributed by atoms with Crippen LogP contribution >= 0.6 is 15.9 Å². The molecule has 0 atom stereocenters. The van der Waals surface area contributed by atoms with Crippen LogP contribution in [0.15, 0.2) is 18.5 Å². The molecule has 1 aromatic rings. The third kappa shape index (κ3) is 4.05. The maximum atomic E-state index is 4.18. The van der Waals surface area contributed by atoms with Crippen LogP contribution in [0, 0.1) is 0 Å². The summed E-state index contributed by atoms with van der Waals surface area (Å²) < 4.78 is 0. The third-order valence-electron chi connectivity index (χ3n) is 2.02. The van der Waals surface area contributed by atoms with Gasteiger partial charge in [0, 0.05) is 31.3 Å². The van der Waals surface area contributed by atoms with Gasteiger partial charge in [-0.2, -0.15) is 0 Å². The highest BCUT2D eigenvalue weighted by atomic mass is 79.9. The standard InChI is InChI=1S/C10H16BrN3/c1-14(9-4-2-3-6-11)10-12-7-5-8-13-10/h5,7-8H,2-4,6,9H2,1H3. The second-order valence-electron chi connectivity index (χ2n) is 3.22. The molecule has 0 bridgehead atoms. The van der Waals surface area contributed by atoms with Gasteiger partial charge in [0.05, 0.1) is 0 Å². The molecule has 0 saturated heterocycles. The van der Waals surface area contributed by atoms with Gasteiger partial charge in [0.2, 0.25) is 5.95 Å². The predicted octanol–water partition coefficient (Wildman–Crippen LogP) is 2.48. The Hall–Kier alpha value is -0.640. The van der Waals surface area contributed by atoms with Gasteiger partial charge in [-0.1, -0.05) is 22.4 Å². The second kappa shape index (κ2) is 6.76. The van der Waals surface area contributed by atoms with Crippen LogP contribution in [0.3, 0.4) is 0 Å². The predicted molar refractivity (Wildman–Crippen MR) is 62.9 cm³/mol. The Morgan fingerprint density at radius 2 is 1.93 bits per heavy atom. The van der Waals surface area contributed by atoms with E-state index in [0.29, 0.717) is 0 Å². The van der Waals surface area contributed by atoms with E-state index in [0.717, 1.165) is 17.8 Å². The average Bonchev–Trinajstić information content (AvgIpc) is 2.25. The lowest BCUT2D eigenvalue weighted by Gasteiger charge is -2.15. The molecule has 1 aromatic heterocycles. The molecule has 0 saturated carbocycles. The van der Waals surface area contributed by atoms with Gasteiger partial charge in [0.25, 0.3) is 0 Å². The molecule has 1 heterocycles. The van der Waals surface area contributed by atoms with Crippen molar-refractivity contribution >= 4 is 21.9 Å². The number of halogens is 1. The van der Waals surface area contributed by atoms with Crippen LogP contribution in [-0.4, -0.2) is 28.9 Å². The zero-order chi connectivity index (χ0) is 10.2. The highest BCUT2D eigenvalue weighted by molar-refractivity contribution is 9.09. The minimum Gasteiger partial charge on any atom is -0.344 e. The molecule has 3 nitrogen and oxygen atoms in total. The molecule has 0 N–H and O–H groups in total. The number of unbranched alkanes of at least 4 members (excludes halogenated alkanes) is 2. The first-order valence-corrected chi connectivity index (χ1v) is 6.01. The van der Waals surface area contributed by atoms with Gasteiger partial charge >= 0.3 is 0 Å². The second-order valence-corrected chi connectivity index (χ2v) is 4.01. The summed E-state index contributed by atoms with van der Waals surface area (Å²) in [7, 11) is 2.03. The van der Waals surface area contributed by atoms with Crippen LogP contribution in [0.1, 0.15) is 19.3 Å². The van der Waals surface area contributed by atoms with Crippen molar-refractivity contribution in [2.45, 2.75) is 19.3 Å². The molecular weight excluding hydrogens is 242 g/mol. The fraction of sp³-hybridized carbons (Fsp3) is 0.600. The average molecular weight is 258 g/mol. The quantitative estimate of drug-likeness (QED) is 0.579. The maximum absolute atomic E-state index is 4.18. The highest BCUT2D eigenvalue weighted by Gasteiger charge is 2.01. The van der Waals surface area contributed by atoms with Crippen LogP contribution < -0.4 is 4.90 Å². The number of hydrogen-bond acceptors (Lipinski definition) is 3. The molecule has 0 amide bonds. The Kier molecular flexibility index (Phi) is 5.52. The molecular formula is C10H16BrN3. The maximum Gasteiger partial charge on any atom is 0.224 e. The number of nitrogens with zero attached hydrogens (tertiary/aromatic N) is 3. The molecule has 0 unspecified atom stereocenters. The number of aromatic nitrogens is 2. The van der Waals surface area contributed by atoms with Crippen molar-refractivity contribution in [3.63, 3.8) is 0 Å². The zero-order valence-corrected chi connectivity index (χ0v) is 10.1. The topological polar surface area (TPSA) is 29.0 Å². The van der Waals surface area contributed by atoms with Crippen LogP contribution in [0.25, 0.3) is 0 Å². The Balaban J connectivity index is 2.25. The van der Waals surface area contributed by atoms with Gasteiger partial charge in [-0.3, -0.25) is 0 Å². The first-order chi connectivity index (χ1) is 6.84. The molecule has 78 valence electrons. The van der Waals surface area contributed by atoms with Gasteiger partial charge < -0.3 is 4.90 Å². The molecule has 0 aliphatic carbocycles. The normalized spacial score (nSPS) is 10.1. The van der Waals surface area contributed by atoms with E-state index in [1.54, 1.807) is 12.4 Å². The van der Waals surface area contributed by atoms with E-state index in [1.165, 1.54) is 19.3 Å². The Morgan fingerprint density at radius 1 is 1.21 bits per heavy atom. The molecule has 4 heteroatoms. The summed E-state index contributed by atoms with van der Waals surface area (Å²) in [6.45, 7) is 1.02. The lowest BCUT2D eigenvalue weighted by molar-refractivity contribution is 0.701. The van der Waals surface area contributed by atoms with Crippen molar-refractivity contribution in [1.29, 1.82) is 0 Å². The van der Waals surface area contributed by atoms with Gasteiger partial charge in [-0.05, 0) is 18.9 Å². The van der Waals surface area contributed by atoms with E-state index < -0.39 is 0 Å². The van der Waals surface area contributed by atoms with Gasteiger partial charge in [-0.25, -0.2) is 9.97 Å². The molecule has 0 aliphatic rings. The van der Waals surface area contributed by atoms with Crippen LogP contribution in [0.5, 0.6) is 0 Å². The van der Waals surface area contributed by atoms with Gasteiger partial charge in [-0.15, -0.1) is 0 Å². The van der Waals surface area contributed by atoms with E-state index in [1.807, 2.05) is 13.1 Å². The van der Waals surface area contributed by atoms with E-state index >= 15 is 0 Å². The van der Waals surface area contributed by atoms with Crippen LogP contribution in [0.2, 0.25) is 0 Å². The molecule has 0 radical (unpaired) electrons. The molecule has 0 fully saturated rings. The number of rotatable bonds is 6. The van der Waals surface area contributed by atoms with Crippen molar-refractivity contribution in [3.05, 3.63) is 18.5 Å². The van der Waals surface area contributed by atoms with Gasteiger partial charge in [0.1, 0.15) is 0 Å². The van der Waals surface area contributed by atoms with Crippen LogP contribution in [-0.2, 0) is 0 Å². The molecule has 1 rings (SSSR count). The summed E-state index contributed by atoms with van der Waals surface area (Å²) in [6.07, 6.45) is 7.24. The fourth-order valence-electron chi connectivity index (χ4n) is 1.21. The molecule has 0 spiro atoms. The smallest absolute Gasteiger partial charge is 0.224 e. The number of hydrogen-bond donors (Lipinski definition) is 0. The lowest BCUT2D eigenvalue weighted by Crippen LogP contribution is -2.20. The van der Waals surface area contributed by atoms with Crippen molar-refractivity contribution in [1.82, 2.24) is 9.97 Å². The number of alkyl halides is 1. The van der Waals surface area contributed by atoms with Crippen LogP contribution in [0.4, 0.5) is 5.95 Å². The molecule has 0 aliphatic heterocycles. The summed E-state index contributed by atoms with van der Waals surface area (Å²) in [5.74, 6) is 0.811. The zero-order valence-electron chi connectivity index (χ0n) is 8.49. The van der Waals surface area contributed by atoms with E-state index in [4.69, 9.17) is 0 Å². The SMILES string of the molecule is CN(CCCCCBr)c1ncccn1. The summed E-state index contributed by atoms with van der Waals surface area (Å²) >= 11 is 3.42. The van der Waals surface area contributed by atoms with Crippen molar-refractivity contribution in [2.24, 2.45) is 0 Å². The Bertz CT molecular complexity index is 240. The first-order valence-electron chi connectivity index (χ1n) is 4.88. The van der Waals surface area contributed by atoms with Crippen molar-refractivity contribution < 1.29 is 0 Å². The molecule has 0 aromatic carbocycles. The third-order valence-corrected chi connectivity index (χ3v) is 2.58. The monoisotopic (exact) mass is 257 g/mol. The summed E-state index contributed by atoms with van der Waals surface area (Å²) in [5, 5.41) is 1.10. The largest absolute Gasteiger partial charge is 0.344 e. The fourth-order valence-corrected chi connectivity index (χ4v) is 1.61. The van der Waals surface area contributed by atoms with E-state index in [2.05, 4.69) is 30.8 Å². The minimum absolute atomic E-state index is 0.811.